The normalized spacial score (nSPS) is 12.6. The average molecular weight is 237 g/mol. The Bertz CT molecular complexity index is 478. The number of Topliss-reactive ketones (excluding diaryl/α,β-unsaturated/α-hetero) is 1. The number of carbonyl (C=O) groups excluding carboxylic acids is 1. The van der Waals surface area contributed by atoms with Crippen LogP contribution in [0.25, 0.3) is 0 Å². The van der Waals surface area contributed by atoms with Crippen molar-refractivity contribution >= 4 is 17.1 Å². The number of rotatable bonds is 4. The second-order valence-corrected chi connectivity index (χ2v) is 4.31. The monoisotopic (exact) mass is 237 g/mol. The molecule has 1 unspecified atom stereocenters. The van der Waals surface area contributed by atoms with Crippen LogP contribution in [0, 0.1) is 0 Å². The van der Waals surface area contributed by atoms with Gasteiger partial charge in [0.15, 0.2) is 11.6 Å². The van der Waals surface area contributed by atoms with Gasteiger partial charge in [0.25, 0.3) is 0 Å². The summed E-state index contributed by atoms with van der Waals surface area (Å²) in [4.78, 5) is 14.0. The van der Waals surface area contributed by atoms with Crippen molar-refractivity contribution in [1.82, 2.24) is 20.2 Å². The molecule has 0 amide bonds. The summed E-state index contributed by atoms with van der Waals surface area (Å²) in [6.07, 6.45) is 0.118. The van der Waals surface area contributed by atoms with E-state index in [4.69, 9.17) is 5.73 Å². The Morgan fingerprint density at radius 2 is 2.50 bits per heavy atom. The highest BCUT2D eigenvalue weighted by Crippen LogP contribution is 2.18. The standard InChI is InChI=1S/C9H11N5OS/c1-14-12-8(11-13-14)5-6(15)9(10)7-3-2-4-16-7/h2-4,9H,5,10H2,1H3. The highest BCUT2D eigenvalue weighted by atomic mass is 32.1. The molecule has 2 N–H and O–H groups in total. The van der Waals surface area contributed by atoms with Gasteiger partial charge >= 0.3 is 0 Å². The van der Waals surface area contributed by atoms with Gasteiger partial charge in [-0.05, 0) is 16.7 Å². The number of thiophene rings is 1. The van der Waals surface area contributed by atoms with Crippen molar-refractivity contribution in [3.63, 3.8) is 0 Å². The number of carbonyl (C=O) groups is 1. The summed E-state index contributed by atoms with van der Waals surface area (Å²) >= 11 is 1.47. The third kappa shape index (κ3) is 2.31. The zero-order chi connectivity index (χ0) is 11.5. The maximum absolute atomic E-state index is 11.8. The molecular formula is C9H11N5OS. The fraction of sp³-hybridized carbons (Fsp3) is 0.333. The van der Waals surface area contributed by atoms with E-state index in [2.05, 4.69) is 15.4 Å². The Labute approximate surface area is 96.1 Å². The van der Waals surface area contributed by atoms with E-state index < -0.39 is 6.04 Å². The molecule has 0 fully saturated rings. The largest absolute Gasteiger partial charge is 0.317 e. The number of aryl methyl sites for hydroxylation is 1. The SMILES string of the molecule is Cn1nnc(CC(=O)C(N)c2cccs2)n1. The molecule has 0 aliphatic rings. The number of hydrogen-bond acceptors (Lipinski definition) is 6. The highest BCUT2D eigenvalue weighted by Gasteiger charge is 2.18. The molecule has 6 nitrogen and oxygen atoms in total. The summed E-state index contributed by atoms with van der Waals surface area (Å²) in [7, 11) is 1.65. The van der Waals surface area contributed by atoms with Crippen molar-refractivity contribution in [3.05, 3.63) is 28.2 Å². The van der Waals surface area contributed by atoms with Crippen LogP contribution in [0.3, 0.4) is 0 Å². The van der Waals surface area contributed by atoms with E-state index in [0.717, 1.165) is 4.88 Å². The molecule has 2 rings (SSSR count). The molecule has 1 atom stereocenters. The lowest BCUT2D eigenvalue weighted by molar-refractivity contribution is -0.119. The Balaban J connectivity index is 2.03. The Morgan fingerprint density at radius 1 is 1.69 bits per heavy atom. The summed E-state index contributed by atoms with van der Waals surface area (Å²) in [5.74, 6) is 0.301. The first kappa shape index (κ1) is 10.9. The lowest BCUT2D eigenvalue weighted by atomic mass is 10.1. The molecule has 0 radical (unpaired) electrons. The van der Waals surface area contributed by atoms with Gasteiger partial charge in [-0.2, -0.15) is 4.80 Å². The van der Waals surface area contributed by atoms with Crippen molar-refractivity contribution in [2.75, 3.05) is 0 Å². The predicted molar refractivity (Wildman–Crippen MR) is 58.8 cm³/mol. The van der Waals surface area contributed by atoms with E-state index in [1.807, 2.05) is 17.5 Å². The fourth-order valence-corrected chi connectivity index (χ4v) is 2.04. The highest BCUT2D eigenvalue weighted by molar-refractivity contribution is 7.10. The lowest BCUT2D eigenvalue weighted by Gasteiger charge is -2.05. The summed E-state index contributed by atoms with van der Waals surface area (Å²) in [6.45, 7) is 0. The second kappa shape index (κ2) is 4.50. The summed E-state index contributed by atoms with van der Waals surface area (Å²) < 4.78 is 0. The van der Waals surface area contributed by atoms with Gasteiger partial charge in [0.05, 0.1) is 19.5 Å². The van der Waals surface area contributed by atoms with E-state index in [1.165, 1.54) is 16.1 Å². The Hall–Kier alpha value is -1.60. The van der Waals surface area contributed by atoms with E-state index in [0.29, 0.717) is 5.82 Å². The van der Waals surface area contributed by atoms with Crippen LogP contribution < -0.4 is 5.73 Å². The Morgan fingerprint density at radius 3 is 3.06 bits per heavy atom. The minimum atomic E-state index is -0.594. The van der Waals surface area contributed by atoms with Crippen molar-refractivity contribution < 1.29 is 4.79 Å². The molecular weight excluding hydrogens is 226 g/mol. The third-order valence-corrected chi connectivity index (χ3v) is 3.03. The van der Waals surface area contributed by atoms with Crippen LogP contribution in [0.15, 0.2) is 17.5 Å². The molecule has 7 heteroatoms. The minimum Gasteiger partial charge on any atom is -0.317 e. The van der Waals surface area contributed by atoms with Crippen LogP contribution in [0.4, 0.5) is 0 Å². The summed E-state index contributed by atoms with van der Waals surface area (Å²) in [5, 5.41) is 13.2. The van der Waals surface area contributed by atoms with Gasteiger partial charge in [0, 0.05) is 4.88 Å². The van der Waals surface area contributed by atoms with Crippen LogP contribution in [0.1, 0.15) is 16.7 Å². The molecule has 0 saturated carbocycles. The van der Waals surface area contributed by atoms with Crippen molar-refractivity contribution in [1.29, 1.82) is 0 Å². The first-order chi connectivity index (χ1) is 7.66. The van der Waals surface area contributed by atoms with Gasteiger partial charge in [-0.3, -0.25) is 4.79 Å². The Kier molecular flexibility index (Phi) is 3.07. The third-order valence-electron chi connectivity index (χ3n) is 2.08. The summed E-state index contributed by atoms with van der Waals surface area (Å²) in [6, 6.07) is 3.12. The van der Waals surface area contributed by atoms with Crippen molar-refractivity contribution in [2.45, 2.75) is 12.5 Å². The number of aromatic nitrogens is 4. The zero-order valence-electron chi connectivity index (χ0n) is 8.70. The van der Waals surface area contributed by atoms with Gasteiger partial charge < -0.3 is 5.73 Å². The van der Waals surface area contributed by atoms with Gasteiger partial charge in [0.1, 0.15) is 0 Å². The first-order valence-corrected chi connectivity index (χ1v) is 5.59. The fourth-order valence-electron chi connectivity index (χ4n) is 1.29. The molecule has 84 valence electrons. The molecule has 0 spiro atoms. The molecule has 0 aliphatic heterocycles. The van der Waals surface area contributed by atoms with Crippen LogP contribution in [-0.4, -0.2) is 26.0 Å². The maximum Gasteiger partial charge on any atom is 0.182 e. The predicted octanol–water partition coefficient (Wildman–Crippen LogP) is 0.0832. The summed E-state index contributed by atoms with van der Waals surface area (Å²) in [5.41, 5.74) is 5.82. The maximum atomic E-state index is 11.8. The number of ketones is 1. The van der Waals surface area contributed by atoms with Crippen molar-refractivity contribution in [2.24, 2.45) is 12.8 Å². The van der Waals surface area contributed by atoms with Crippen molar-refractivity contribution in [3.8, 4) is 0 Å². The number of tetrazole rings is 1. The van der Waals surface area contributed by atoms with Gasteiger partial charge in [0.2, 0.25) is 0 Å². The lowest BCUT2D eigenvalue weighted by Crippen LogP contribution is -2.22. The minimum absolute atomic E-state index is 0.101. The molecule has 0 aromatic carbocycles. The average Bonchev–Trinajstić information content (AvgIpc) is 2.88. The van der Waals surface area contributed by atoms with Crippen LogP contribution in [0.5, 0.6) is 0 Å². The van der Waals surface area contributed by atoms with Crippen LogP contribution in [-0.2, 0) is 18.3 Å². The smallest absolute Gasteiger partial charge is 0.182 e. The number of nitrogens with zero attached hydrogens (tertiary/aromatic N) is 4. The molecule has 0 aliphatic carbocycles. The van der Waals surface area contributed by atoms with E-state index >= 15 is 0 Å². The number of hydrogen-bond donors (Lipinski definition) is 1. The molecule has 0 bridgehead atoms. The van der Waals surface area contributed by atoms with E-state index in [-0.39, 0.29) is 12.2 Å². The van der Waals surface area contributed by atoms with Gasteiger partial charge in [-0.25, -0.2) is 0 Å². The van der Waals surface area contributed by atoms with Crippen LogP contribution in [0.2, 0.25) is 0 Å². The molecule has 2 aromatic heterocycles. The first-order valence-electron chi connectivity index (χ1n) is 4.71. The molecule has 0 saturated heterocycles. The van der Waals surface area contributed by atoms with E-state index in [9.17, 15) is 4.79 Å². The second-order valence-electron chi connectivity index (χ2n) is 3.33. The van der Waals surface area contributed by atoms with Gasteiger partial charge in [-0.15, -0.1) is 21.5 Å². The molecule has 2 heterocycles. The number of nitrogens with two attached hydrogens (primary N) is 1. The molecule has 16 heavy (non-hydrogen) atoms. The zero-order valence-corrected chi connectivity index (χ0v) is 9.52. The quantitative estimate of drug-likeness (QED) is 0.814. The van der Waals surface area contributed by atoms with Gasteiger partial charge in [-0.1, -0.05) is 6.07 Å². The van der Waals surface area contributed by atoms with Crippen LogP contribution >= 0.6 is 11.3 Å². The molecule has 2 aromatic rings. The topological polar surface area (TPSA) is 86.7 Å². The van der Waals surface area contributed by atoms with E-state index in [1.54, 1.807) is 7.05 Å².